The van der Waals surface area contributed by atoms with Crippen molar-refractivity contribution in [3.63, 3.8) is 0 Å². The van der Waals surface area contributed by atoms with E-state index in [1.807, 2.05) is 24.3 Å². The summed E-state index contributed by atoms with van der Waals surface area (Å²) in [6.07, 6.45) is 1.91. The number of anilines is 1. The number of carbonyl (C=O) groups excluding carboxylic acids is 3. The van der Waals surface area contributed by atoms with Crippen LogP contribution in [0.5, 0.6) is 0 Å². The zero-order valence-electron chi connectivity index (χ0n) is 12.8. The van der Waals surface area contributed by atoms with Crippen LogP contribution in [0.4, 0.5) is 5.82 Å². The summed E-state index contributed by atoms with van der Waals surface area (Å²) in [4.78, 5) is 43.9. The maximum absolute atomic E-state index is 13.0. The van der Waals surface area contributed by atoms with Gasteiger partial charge < -0.3 is 0 Å². The van der Waals surface area contributed by atoms with E-state index in [0.717, 1.165) is 11.1 Å². The van der Waals surface area contributed by atoms with Crippen LogP contribution in [0.2, 0.25) is 0 Å². The molecule has 0 spiro atoms. The second kappa shape index (κ2) is 4.60. The van der Waals surface area contributed by atoms with Crippen molar-refractivity contribution in [2.24, 2.45) is 11.8 Å². The highest BCUT2D eigenvalue weighted by atomic mass is 16.2. The van der Waals surface area contributed by atoms with E-state index in [1.54, 1.807) is 24.4 Å². The van der Waals surface area contributed by atoms with Gasteiger partial charge in [0.25, 0.3) is 0 Å². The summed E-state index contributed by atoms with van der Waals surface area (Å²) < 4.78 is 0. The van der Waals surface area contributed by atoms with Gasteiger partial charge in [-0.15, -0.1) is 0 Å². The molecule has 5 nitrogen and oxygen atoms in total. The first-order valence-electron chi connectivity index (χ1n) is 8.09. The van der Waals surface area contributed by atoms with Crippen molar-refractivity contribution in [2.75, 3.05) is 4.90 Å². The highest BCUT2D eigenvalue weighted by molar-refractivity contribution is 6.24. The lowest BCUT2D eigenvalue weighted by Gasteiger charge is -2.43. The fourth-order valence-corrected chi connectivity index (χ4v) is 4.67. The van der Waals surface area contributed by atoms with Gasteiger partial charge in [0.1, 0.15) is 11.6 Å². The van der Waals surface area contributed by atoms with E-state index in [0.29, 0.717) is 12.2 Å². The number of benzene rings is 1. The van der Waals surface area contributed by atoms with E-state index >= 15 is 0 Å². The predicted octanol–water partition coefficient (Wildman–Crippen LogP) is 2.04. The molecule has 4 aliphatic rings. The molecule has 5 heteroatoms. The number of rotatable bonds is 1. The first-order chi connectivity index (χ1) is 11.7. The van der Waals surface area contributed by atoms with Crippen LogP contribution in [0.1, 0.15) is 29.4 Å². The van der Waals surface area contributed by atoms with Crippen LogP contribution >= 0.6 is 0 Å². The number of hydrogen-bond donors (Lipinski definition) is 0. The van der Waals surface area contributed by atoms with Crippen LogP contribution in [0.15, 0.2) is 48.7 Å². The van der Waals surface area contributed by atoms with E-state index in [1.165, 1.54) is 4.90 Å². The minimum absolute atomic E-state index is 0.0731. The van der Waals surface area contributed by atoms with Crippen LogP contribution in [-0.4, -0.2) is 22.6 Å². The number of pyridine rings is 1. The van der Waals surface area contributed by atoms with Crippen LogP contribution in [0, 0.1) is 11.8 Å². The summed E-state index contributed by atoms with van der Waals surface area (Å²) in [5, 5.41) is 0. The molecule has 1 saturated heterocycles. The first kappa shape index (κ1) is 13.6. The molecule has 2 fully saturated rings. The summed E-state index contributed by atoms with van der Waals surface area (Å²) in [5.74, 6) is -1.82. The Hall–Kier alpha value is -2.82. The number of imide groups is 1. The summed E-state index contributed by atoms with van der Waals surface area (Å²) >= 11 is 0. The molecule has 0 radical (unpaired) electrons. The maximum atomic E-state index is 13.0. The van der Waals surface area contributed by atoms with Crippen molar-refractivity contribution in [3.8, 4) is 0 Å². The molecule has 1 aromatic heterocycles. The Morgan fingerprint density at radius 2 is 1.58 bits per heavy atom. The van der Waals surface area contributed by atoms with Gasteiger partial charge in [0.15, 0.2) is 0 Å². The van der Waals surface area contributed by atoms with Crippen LogP contribution in [-0.2, 0) is 14.4 Å². The molecule has 118 valence electrons. The number of ketones is 1. The lowest BCUT2D eigenvalue weighted by molar-refractivity contribution is -0.134. The average molecular weight is 318 g/mol. The molecule has 0 N–H and O–H groups in total. The second-order valence-electron chi connectivity index (χ2n) is 6.63. The Balaban J connectivity index is 1.68. The average Bonchev–Trinajstić information content (AvgIpc) is 2.88. The zero-order valence-corrected chi connectivity index (χ0v) is 12.8. The summed E-state index contributed by atoms with van der Waals surface area (Å²) in [5.41, 5.74) is 1.97. The molecule has 1 aromatic carbocycles. The highest BCUT2D eigenvalue weighted by Gasteiger charge is 2.62. The van der Waals surface area contributed by atoms with Crippen molar-refractivity contribution in [2.45, 2.75) is 18.3 Å². The van der Waals surface area contributed by atoms with Gasteiger partial charge in [-0.25, -0.2) is 9.88 Å². The molecule has 1 aliphatic heterocycles. The zero-order chi connectivity index (χ0) is 16.4. The Morgan fingerprint density at radius 1 is 0.875 bits per heavy atom. The van der Waals surface area contributed by atoms with Crippen LogP contribution in [0.3, 0.4) is 0 Å². The molecular weight excluding hydrogens is 304 g/mol. The molecular formula is C19H14N2O3. The second-order valence-corrected chi connectivity index (χ2v) is 6.63. The van der Waals surface area contributed by atoms with Crippen molar-refractivity contribution < 1.29 is 14.4 Å². The fourth-order valence-electron chi connectivity index (χ4n) is 4.67. The molecule has 6 rings (SSSR count). The van der Waals surface area contributed by atoms with Gasteiger partial charge in [-0.05, 0) is 23.3 Å². The van der Waals surface area contributed by atoms with Crippen LogP contribution in [0.25, 0.3) is 0 Å². The Morgan fingerprint density at radius 3 is 2.33 bits per heavy atom. The molecule has 0 unspecified atom stereocenters. The molecule has 2 amide bonds. The summed E-state index contributed by atoms with van der Waals surface area (Å²) in [6.45, 7) is 0. The minimum atomic E-state index is -0.583. The number of fused-ring (bicyclic) bond motifs is 1. The maximum Gasteiger partial charge on any atom is 0.240 e. The number of aromatic nitrogens is 1. The normalized spacial score (nSPS) is 30.5. The third-order valence-corrected chi connectivity index (χ3v) is 5.57. The quantitative estimate of drug-likeness (QED) is 0.755. The lowest BCUT2D eigenvalue weighted by Crippen LogP contribution is -2.44. The number of hydrogen-bond acceptors (Lipinski definition) is 4. The van der Waals surface area contributed by atoms with Gasteiger partial charge in [-0.1, -0.05) is 30.3 Å². The van der Waals surface area contributed by atoms with Gasteiger partial charge >= 0.3 is 0 Å². The van der Waals surface area contributed by atoms with Gasteiger partial charge in [0.2, 0.25) is 11.8 Å². The first-order valence-corrected chi connectivity index (χ1v) is 8.09. The lowest BCUT2D eigenvalue weighted by atomic mass is 9.56. The molecule has 2 bridgehead atoms. The number of Topliss-reactive ketones (excluding diaryl/α,β-unsaturated/α-hetero) is 1. The van der Waals surface area contributed by atoms with Gasteiger partial charge in [-0.3, -0.25) is 14.4 Å². The SMILES string of the molecule is O=C1C[C@@H]2c3ccccc3[C@@H]1[C@H]1C(=O)N(c3ccccn3)C(=O)[C@@H]12. The van der Waals surface area contributed by atoms with E-state index in [4.69, 9.17) is 0 Å². The molecule has 3 aliphatic carbocycles. The molecule has 4 atom stereocenters. The Labute approximate surface area is 138 Å². The van der Waals surface area contributed by atoms with Crippen molar-refractivity contribution in [3.05, 3.63) is 59.8 Å². The smallest absolute Gasteiger partial charge is 0.240 e. The largest absolute Gasteiger partial charge is 0.299 e. The van der Waals surface area contributed by atoms with Crippen LogP contribution < -0.4 is 4.90 Å². The van der Waals surface area contributed by atoms with Crippen molar-refractivity contribution >= 4 is 23.4 Å². The van der Waals surface area contributed by atoms with E-state index in [-0.39, 0.29) is 23.5 Å². The van der Waals surface area contributed by atoms with Gasteiger partial charge in [-0.2, -0.15) is 0 Å². The highest BCUT2D eigenvalue weighted by Crippen LogP contribution is 2.57. The van der Waals surface area contributed by atoms with E-state index < -0.39 is 17.8 Å². The van der Waals surface area contributed by atoms with Crippen molar-refractivity contribution in [1.82, 2.24) is 4.98 Å². The van der Waals surface area contributed by atoms with E-state index in [2.05, 4.69) is 4.98 Å². The van der Waals surface area contributed by atoms with Gasteiger partial charge in [0.05, 0.1) is 17.8 Å². The monoisotopic (exact) mass is 318 g/mol. The molecule has 1 saturated carbocycles. The summed E-state index contributed by atoms with van der Waals surface area (Å²) in [7, 11) is 0. The predicted molar refractivity (Wildman–Crippen MR) is 85.3 cm³/mol. The summed E-state index contributed by atoms with van der Waals surface area (Å²) in [6, 6.07) is 12.9. The van der Waals surface area contributed by atoms with E-state index in [9.17, 15) is 14.4 Å². The topological polar surface area (TPSA) is 67.3 Å². The molecule has 24 heavy (non-hydrogen) atoms. The molecule has 2 heterocycles. The standard InChI is InChI=1S/C19H14N2O3/c22-13-9-12-10-5-1-2-6-11(10)15(13)17-16(12)18(23)21(19(17)24)14-7-3-4-8-20-14/h1-8,12,15-17H,9H2/t12-,15+,16-,17-/m1/s1. The minimum Gasteiger partial charge on any atom is -0.299 e. The fraction of sp³-hybridized carbons (Fsp3) is 0.263. The van der Waals surface area contributed by atoms with Gasteiger partial charge in [0, 0.05) is 18.5 Å². The molecule has 2 aromatic rings. The number of amides is 2. The van der Waals surface area contributed by atoms with Crippen molar-refractivity contribution in [1.29, 1.82) is 0 Å². The third kappa shape index (κ3) is 1.54. The third-order valence-electron chi connectivity index (χ3n) is 5.57. The Bertz CT molecular complexity index is 892. The Kier molecular flexibility index (Phi) is 2.61. The number of nitrogens with zero attached hydrogens (tertiary/aromatic N) is 2. The number of carbonyl (C=O) groups is 3.